The molecule has 0 saturated heterocycles. The third-order valence-corrected chi connectivity index (χ3v) is 2.95. The third kappa shape index (κ3) is 2.43. The van der Waals surface area contributed by atoms with Crippen molar-refractivity contribution in [2.24, 2.45) is 5.73 Å². The normalized spacial score (nSPS) is 11.2. The molecule has 2 aromatic heterocycles. The molecule has 4 nitrogen and oxygen atoms in total. The van der Waals surface area contributed by atoms with Crippen LogP contribution in [0.3, 0.4) is 0 Å². The largest absolute Gasteiger partial charge is 0.326 e. The first-order chi connectivity index (χ1) is 8.51. The minimum absolute atomic E-state index is 0.382. The molecule has 2 N–H and O–H groups in total. The van der Waals surface area contributed by atoms with E-state index in [-0.39, 0.29) is 0 Å². The summed E-state index contributed by atoms with van der Waals surface area (Å²) in [7, 11) is 0. The van der Waals surface area contributed by atoms with E-state index in [4.69, 9.17) is 5.73 Å². The van der Waals surface area contributed by atoms with Gasteiger partial charge in [0.05, 0.1) is 5.69 Å². The Labute approximate surface area is 108 Å². The number of nitrogens with zero attached hydrogens (tertiary/aromatic N) is 3. The highest BCUT2D eigenvalue weighted by Gasteiger charge is 2.10. The van der Waals surface area contributed by atoms with E-state index in [1.807, 2.05) is 30.7 Å². The van der Waals surface area contributed by atoms with Crippen molar-refractivity contribution in [3.05, 3.63) is 40.8 Å². The van der Waals surface area contributed by atoms with Gasteiger partial charge < -0.3 is 5.73 Å². The van der Waals surface area contributed by atoms with Crippen molar-refractivity contribution in [2.45, 2.75) is 40.2 Å². The van der Waals surface area contributed by atoms with E-state index in [1.54, 1.807) is 0 Å². The van der Waals surface area contributed by atoms with E-state index in [0.29, 0.717) is 12.5 Å². The monoisotopic (exact) mass is 244 g/mol. The lowest BCUT2D eigenvalue weighted by molar-refractivity contribution is 0.761. The van der Waals surface area contributed by atoms with Crippen LogP contribution in [0.25, 0.3) is 5.82 Å². The summed E-state index contributed by atoms with van der Waals surface area (Å²) in [5.41, 5.74) is 9.99. The minimum atomic E-state index is 0.382. The van der Waals surface area contributed by atoms with Crippen LogP contribution in [0.5, 0.6) is 0 Å². The number of aryl methyl sites for hydroxylation is 2. The molecule has 0 aliphatic carbocycles. The molecule has 0 unspecified atom stereocenters. The smallest absolute Gasteiger partial charge is 0.154 e. The molecule has 2 rings (SSSR count). The molecule has 0 aliphatic rings. The summed E-state index contributed by atoms with van der Waals surface area (Å²) >= 11 is 0. The van der Waals surface area contributed by atoms with E-state index < -0.39 is 0 Å². The molecule has 0 amide bonds. The average Bonchev–Trinajstić information content (AvgIpc) is 2.67. The summed E-state index contributed by atoms with van der Waals surface area (Å²) in [4.78, 5) is 4.67. The van der Waals surface area contributed by atoms with Crippen molar-refractivity contribution in [1.29, 1.82) is 0 Å². The molecule has 2 heterocycles. The van der Waals surface area contributed by atoms with Crippen molar-refractivity contribution in [3.8, 4) is 5.82 Å². The Morgan fingerprint density at radius 1 is 1.22 bits per heavy atom. The van der Waals surface area contributed by atoms with Crippen LogP contribution >= 0.6 is 0 Å². The van der Waals surface area contributed by atoms with Gasteiger partial charge in [0.15, 0.2) is 5.82 Å². The van der Waals surface area contributed by atoms with Gasteiger partial charge in [0.2, 0.25) is 0 Å². The molecule has 0 saturated carbocycles. The highest BCUT2D eigenvalue weighted by molar-refractivity contribution is 5.33. The second-order valence-corrected chi connectivity index (χ2v) is 4.96. The van der Waals surface area contributed by atoms with Gasteiger partial charge in [-0.05, 0) is 43.5 Å². The van der Waals surface area contributed by atoms with E-state index in [1.165, 1.54) is 0 Å². The molecular weight excluding hydrogens is 224 g/mol. The zero-order valence-electron chi connectivity index (χ0n) is 11.4. The first-order valence-electron chi connectivity index (χ1n) is 6.26. The van der Waals surface area contributed by atoms with Gasteiger partial charge in [-0.2, -0.15) is 5.10 Å². The van der Waals surface area contributed by atoms with Crippen molar-refractivity contribution in [2.75, 3.05) is 0 Å². The van der Waals surface area contributed by atoms with E-state index in [2.05, 4.69) is 30.0 Å². The predicted molar refractivity (Wildman–Crippen MR) is 72.8 cm³/mol. The van der Waals surface area contributed by atoms with Gasteiger partial charge in [0.1, 0.15) is 0 Å². The zero-order valence-corrected chi connectivity index (χ0v) is 11.4. The Balaban J connectivity index is 2.56. The summed E-state index contributed by atoms with van der Waals surface area (Å²) in [6.07, 6.45) is 0. The van der Waals surface area contributed by atoms with E-state index >= 15 is 0 Å². The van der Waals surface area contributed by atoms with Gasteiger partial charge in [-0.3, -0.25) is 0 Å². The number of aromatic nitrogens is 3. The number of hydrogen-bond donors (Lipinski definition) is 1. The Bertz CT molecular complexity index is 555. The quantitative estimate of drug-likeness (QED) is 0.902. The van der Waals surface area contributed by atoms with E-state index in [9.17, 15) is 0 Å². The lowest BCUT2D eigenvalue weighted by atomic mass is 10.1. The van der Waals surface area contributed by atoms with Gasteiger partial charge >= 0.3 is 0 Å². The summed E-state index contributed by atoms with van der Waals surface area (Å²) in [5.74, 6) is 1.24. The number of rotatable bonds is 3. The van der Waals surface area contributed by atoms with Gasteiger partial charge in [-0.15, -0.1) is 0 Å². The fraction of sp³-hybridized carbons (Fsp3) is 0.429. The topological polar surface area (TPSA) is 56.7 Å². The average molecular weight is 244 g/mol. The molecule has 0 fully saturated rings. The van der Waals surface area contributed by atoms with Crippen LogP contribution in [0.2, 0.25) is 0 Å². The molecule has 0 aliphatic heterocycles. The number of pyridine rings is 1. The maximum atomic E-state index is 5.75. The lowest BCUT2D eigenvalue weighted by Gasteiger charge is -2.11. The van der Waals surface area contributed by atoms with E-state index in [0.717, 1.165) is 28.5 Å². The molecule has 0 radical (unpaired) electrons. The molecule has 2 aromatic rings. The second-order valence-electron chi connectivity index (χ2n) is 4.96. The highest BCUT2D eigenvalue weighted by Crippen LogP contribution is 2.18. The number of nitrogens with two attached hydrogens (primary N) is 1. The number of hydrogen-bond acceptors (Lipinski definition) is 3. The van der Waals surface area contributed by atoms with Gasteiger partial charge in [-0.1, -0.05) is 13.8 Å². The van der Waals surface area contributed by atoms with Crippen LogP contribution in [-0.2, 0) is 6.54 Å². The van der Waals surface area contributed by atoms with Gasteiger partial charge in [0, 0.05) is 17.9 Å². The van der Waals surface area contributed by atoms with Crippen LogP contribution in [0, 0.1) is 13.8 Å². The molecule has 18 heavy (non-hydrogen) atoms. The molecule has 4 heteroatoms. The Morgan fingerprint density at radius 2 is 1.94 bits per heavy atom. The summed E-state index contributed by atoms with van der Waals surface area (Å²) < 4.78 is 1.88. The van der Waals surface area contributed by atoms with Crippen LogP contribution < -0.4 is 5.73 Å². The highest BCUT2D eigenvalue weighted by atomic mass is 15.3. The zero-order chi connectivity index (χ0) is 13.3. The Hall–Kier alpha value is -1.68. The molecular formula is C14H20N4. The maximum absolute atomic E-state index is 5.75. The lowest BCUT2D eigenvalue weighted by Crippen LogP contribution is -2.08. The third-order valence-electron chi connectivity index (χ3n) is 2.95. The Kier molecular flexibility index (Phi) is 3.48. The van der Waals surface area contributed by atoms with Crippen LogP contribution in [0.1, 0.15) is 42.4 Å². The molecule has 96 valence electrons. The standard InChI is InChI=1S/C14H20N4/c1-9(2)13-6-12(8-15)7-14(16-13)18-11(4)5-10(3)17-18/h5-7,9H,8,15H2,1-4H3. The van der Waals surface area contributed by atoms with Crippen LogP contribution in [0.4, 0.5) is 0 Å². The second kappa shape index (κ2) is 4.90. The first kappa shape index (κ1) is 12.8. The maximum Gasteiger partial charge on any atom is 0.154 e. The van der Waals surface area contributed by atoms with Crippen molar-refractivity contribution < 1.29 is 0 Å². The predicted octanol–water partition coefficient (Wildman–Crippen LogP) is 2.47. The van der Waals surface area contributed by atoms with Crippen molar-refractivity contribution in [1.82, 2.24) is 14.8 Å². The van der Waals surface area contributed by atoms with Crippen LogP contribution in [0.15, 0.2) is 18.2 Å². The van der Waals surface area contributed by atoms with Crippen molar-refractivity contribution in [3.63, 3.8) is 0 Å². The first-order valence-corrected chi connectivity index (χ1v) is 6.26. The fourth-order valence-corrected chi connectivity index (χ4v) is 1.98. The fourth-order valence-electron chi connectivity index (χ4n) is 1.98. The molecule has 0 spiro atoms. The Morgan fingerprint density at radius 3 is 2.44 bits per heavy atom. The summed E-state index contributed by atoms with van der Waals surface area (Å²) in [6.45, 7) is 8.81. The minimum Gasteiger partial charge on any atom is -0.326 e. The van der Waals surface area contributed by atoms with Gasteiger partial charge in [0.25, 0.3) is 0 Å². The summed E-state index contributed by atoms with van der Waals surface area (Å²) in [5, 5.41) is 4.47. The van der Waals surface area contributed by atoms with Crippen LogP contribution in [-0.4, -0.2) is 14.8 Å². The van der Waals surface area contributed by atoms with Gasteiger partial charge in [-0.25, -0.2) is 9.67 Å². The molecule has 0 aromatic carbocycles. The SMILES string of the molecule is Cc1cc(C)n(-c2cc(CN)cc(C(C)C)n2)n1. The molecule has 0 bridgehead atoms. The van der Waals surface area contributed by atoms with Crippen molar-refractivity contribution >= 4 is 0 Å². The molecule has 0 atom stereocenters. The summed E-state index contributed by atoms with van der Waals surface area (Å²) in [6, 6.07) is 6.12.